The Morgan fingerprint density at radius 2 is 2.08 bits per heavy atom. The van der Waals surface area contributed by atoms with Crippen LogP contribution < -0.4 is 5.32 Å². The molecule has 10 heteroatoms. The molecule has 0 aliphatic rings. The first-order valence-corrected chi connectivity index (χ1v) is 7.36. The van der Waals surface area contributed by atoms with Crippen molar-refractivity contribution in [1.82, 2.24) is 19.7 Å². The van der Waals surface area contributed by atoms with Gasteiger partial charge in [-0.3, -0.25) is 9.36 Å². The fourth-order valence-corrected chi connectivity index (χ4v) is 2.18. The summed E-state index contributed by atoms with van der Waals surface area (Å²) < 4.78 is 6.61. The summed E-state index contributed by atoms with van der Waals surface area (Å²) >= 11 is 0. The Balaban J connectivity index is 1.62. The maximum Gasteiger partial charge on any atom is 0.381 e. The van der Waals surface area contributed by atoms with E-state index in [1.54, 1.807) is 19.1 Å². The van der Waals surface area contributed by atoms with E-state index >= 15 is 0 Å². The summed E-state index contributed by atoms with van der Waals surface area (Å²) in [6, 6.07) is 9.02. The number of anilines is 1. The van der Waals surface area contributed by atoms with Crippen molar-refractivity contribution >= 4 is 17.4 Å². The van der Waals surface area contributed by atoms with Crippen molar-refractivity contribution < 1.29 is 14.2 Å². The summed E-state index contributed by atoms with van der Waals surface area (Å²) in [5.74, 6) is 0.398. The molecule has 0 unspecified atom stereocenters. The van der Waals surface area contributed by atoms with Gasteiger partial charge >= 0.3 is 5.82 Å². The van der Waals surface area contributed by atoms with Gasteiger partial charge in [-0.2, -0.15) is 4.98 Å². The van der Waals surface area contributed by atoms with Crippen molar-refractivity contribution in [3.63, 3.8) is 0 Å². The Hall–Kier alpha value is -3.56. The Labute approximate surface area is 141 Å². The lowest BCUT2D eigenvalue weighted by atomic mass is 10.3. The third kappa shape index (κ3) is 4.05. The zero-order valence-electron chi connectivity index (χ0n) is 13.2. The van der Waals surface area contributed by atoms with Crippen molar-refractivity contribution in [3.8, 4) is 0 Å². The van der Waals surface area contributed by atoms with E-state index in [0.29, 0.717) is 11.5 Å². The fraction of sp³-hybridized carbons (Fsp3) is 0.200. The number of rotatable bonds is 6. The molecular formula is C15H14N6O4. The molecule has 2 aromatic heterocycles. The van der Waals surface area contributed by atoms with Gasteiger partial charge in [-0.1, -0.05) is 23.4 Å². The number of nitro groups is 1. The molecular weight excluding hydrogens is 328 g/mol. The zero-order chi connectivity index (χ0) is 17.8. The van der Waals surface area contributed by atoms with E-state index in [0.717, 1.165) is 0 Å². The molecule has 0 radical (unpaired) electrons. The topological polar surface area (TPSA) is 129 Å². The lowest BCUT2D eigenvalue weighted by molar-refractivity contribution is -0.389. The first-order chi connectivity index (χ1) is 12.0. The largest absolute Gasteiger partial charge is 0.381 e. The van der Waals surface area contributed by atoms with Gasteiger partial charge in [0.15, 0.2) is 5.82 Å². The van der Waals surface area contributed by atoms with Crippen LogP contribution in [-0.2, 0) is 17.8 Å². The summed E-state index contributed by atoms with van der Waals surface area (Å²) in [4.78, 5) is 30.1. The number of carbonyl (C=O) groups excluding carboxylic acids is 1. The maximum absolute atomic E-state index is 12.0. The van der Waals surface area contributed by atoms with E-state index in [9.17, 15) is 14.9 Å². The second kappa shape index (κ2) is 6.91. The van der Waals surface area contributed by atoms with Crippen LogP contribution in [-0.4, -0.2) is 30.5 Å². The minimum Gasteiger partial charge on any atom is -0.358 e. The highest BCUT2D eigenvalue weighted by Crippen LogP contribution is 2.12. The van der Waals surface area contributed by atoms with E-state index in [2.05, 4.69) is 20.4 Å². The lowest BCUT2D eigenvalue weighted by Gasteiger charge is -2.02. The van der Waals surface area contributed by atoms with E-state index in [-0.39, 0.29) is 36.4 Å². The summed E-state index contributed by atoms with van der Waals surface area (Å²) in [6.45, 7) is 1.78. The van der Waals surface area contributed by atoms with Gasteiger partial charge in [-0.25, -0.2) is 0 Å². The normalized spacial score (nSPS) is 10.6. The molecule has 3 rings (SSSR count). The number of hydrogen-bond donors (Lipinski definition) is 1. The average Bonchev–Trinajstić information content (AvgIpc) is 3.16. The van der Waals surface area contributed by atoms with Crippen LogP contribution in [0.25, 0.3) is 0 Å². The van der Waals surface area contributed by atoms with Crippen molar-refractivity contribution in [2.24, 2.45) is 0 Å². The van der Waals surface area contributed by atoms with Gasteiger partial charge in [0.25, 0.3) is 0 Å². The lowest BCUT2D eigenvalue weighted by Crippen LogP contribution is -2.15. The fourth-order valence-electron chi connectivity index (χ4n) is 2.18. The molecule has 10 nitrogen and oxygen atoms in total. The monoisotopic (exact) mass is 342 g/mol. The number of benzene rings is 1. The number of imidazole rings is 1. The van der Waals surface area contributed by atoms with Gasteiger partial charge in [-0.05, 0) is 22.0 Å². The van der Waals surface area contributed by atoms with Crippen molar-refractivity contribution in [2.45, 2.75) is 19.9 Å². The smallest absolute Gasteiger partial charge is 0.358 e. The second-order valence-electron chi connectivity index (χ2n) is 5.23. The van der Waals surface area contributed by atoms with Gasteiger partial charge < -0.3 is 20.0 Å². The third-order valence-electron chi connectivity index (χ3n) is 3.34. The number of para-hydroxylation sites is 1. The molecule has 25 heavy (non-hydrogen) atoms. The molecule has 1 amide bonds. The number of carbonyl (C=O) groups is 1. The minimum atomic E-state index is -0.573. The van der Waals surface area contributed by atoms with Crippen LogP contribution in [0.2, 0.25) is 0 Å². The Kier molecular flexibility index (Phi) is 4.50. The van der Waals surface area contributed by atoms with E-state index < -0.39 is 4.92 Å². The van der Waals surface area contributed by atoms with Gasteiger partial charge in [0.2, 0.25) is 17.6 Å². The SMILES string of the molecule is Cc1nc([N+](=O)[O-])cn1Cc1nc(CC(=O)Nc2ccccc2)no1. The number of aryl methyl sites for hydroxylation is 1. The summed E-state index contributed by atoms with van der Waals surface area (Å²) in [7, 11) is 0. The number of amides is 1. The van der Waals surface area contributed by atoms with E-state index in [4.69, 9.17) is 4.52 Å². The van der Waals surface area contributed by atoms with E-state index in [1.165, 1.54) is 10.8 Å². The Morgan fingerprint density at radius 1 is 1.32 bits per heavy atom. The predicted molar refractivity (Wildman–Crippen MR) is 85.8 cm³/mol. The van der Waals surface area contributed by atoms with Gasteiger partial charge in [0.05, 0.1) is 6.42 Å². The maximum atomic E-state index is 12.0. The summed E-state index contributed by atoms with van der Waals surface area (Å²) in [5, 5.41) is 17.2. The molecule has 0 fully saturated rings. The number of nitrogens with zero attached hydrogens (tertiary/aromatic N) is 5. The second-order valence-corrected chi connectivity index (χ2v) is 5.23. The van der Waals surface area contributed by atoms with Crippen LogP contribution in [0.5, 0.6) is 0 Å². The first kappa shape index (κ1) is 16.3. The molecule has 128 valence electrons. The quantitative estimate of drug-likeness (QED) is 0.533. The van der Waals surface area contributed by atoms with Crippen LogP contribution in [0.3, 0.4) is 0 Å². The van der Waals surface area contributed by atoms with Crippen LogP contribution in [0, 0.1) is 17.0 Å². The highest BCUT2D eigenvalue weighted by Gasteiger charge is 2.18. The highest BCUT2D eigenvalue weighted by atomic mass is 16.6. The van der Waals surface area contributed by atoms with Crippen LogP contribution in [0.1, 0.15) is 17.5 Å². The minimum absolute atomic E-state index is 0.0402. The van der Waals surface area contributed by atoms with Crippen molar-refractivity contribution in [3.05, 3.63) is 64.2 Å². The van der Waals surface area contributed by atoms with Gasteiger partial charge in [-0.15, -0.1) is 0 Å². The molecule has 0 bridgehead atoms. The Bertz CT molecular complexity index is 902. The molecule has 3 aromatic rings. The van der Waals surface area contributed by atoms with Crippen molar-refractivity contribution in [2.75, 3.05) is 5.32 Å². The standard InChI is InChI=1S/C15H14N6O4/c1-10-16-13(21(23)24)8-20(10)9-15-18-12(19-25-15)7-14(22)17-11-5-3-2-4-6-11/h2-6,8H,7,9H2,1H3,(H,17,22). The molecule has 0 saturated heterocycles. The molecule has 0 aliphatic heterocycles. The molecule has 1 N–H and O–H groups in total. The van der Waals surface area contributed by atoms with Gasteiger partial charge in [0, 0.05) is 12.6 Å². The molecule has 2 heterocycles. The molecule has 0 spiro atoms. The molecule has 0 atom stereocenters. The van der Waals surface area contributed by atoms with Crippen LogP contribution in [0.4, 0.5) is 11.5 Å². The molecule has 1 aromatic carbocycles. The predicted octanol–water partition coefficient (Wildman–Crippen LogP) is 1.71. The van der Waals surface area contributed by atoms with Crippen LogP contribution in [0.15, 0.2) is 41.1 Å². The molecule has 0 aliphatic carbocycles. The molecule has 0 saturated carbocycles. The highest BCUT2D eigenvalue weighted by molar-refractivity contribution is 5.91. The van der Waals surface area contributed by atoms with Gasteiger partial charge in [0.1, 0.15) is 12.7 Å². The summed E-state index contributed by atoms with van der Waals surface area (Å²) in [6.07, 6.45) is 1.25. The average molecular weight is 342 g/mol. The third-order valence-corrected chi connectivity index (χ3v) is 3.34. The number of aromatic nitrogens is 4. The Morgan fingerprint density at radius 3 is 2.76 bits per heavy atom. The summed E-state index contributed by atoms with van der Waals surface area (Å²) in [5.41, 5.74) is 0.678. The van der Waals surface area contributed by atoms with Crippen molar-refractivity contribution in [1.29, 1.82) is 0 Å². The first-order valence-electron chi connectivity index (χ1n) is 7.36. The zero-order valence-corrected chi connectivity index (χ0v) is 13.2. The number of nitrogens with one attached hydrogen (secondary N) is 1. The number of hydrogen-bond acceptors (Lipinski definition) is 7. The van der Waals surface area contributed by atoms with Crippen LogP contribution >= 0.6 is 0 Å². The van der Waals surface area contributed by atoms with E-state index in [1.807, 2.05) is 18.2 Å².